The molecule has 3 N–H and O–H groups in total. The van der Waals surface area contributed by atoms with Crippen LogP contribution in [-0.4, -0.2) is 41.2 Å². The second-order valence-corrected chi connectivity index (χ2v) is 4.90. The number of thiocarbonyl (C=S) groups is 1. The lowest BCUT2D eigenvalue weighted by Crippen LogP contribution is -2.33. The minimum absolute atomic E-state index is 0.0635. The number of alkyl halides is 2. The average Bonchev–Trinajstić information content (AvgIpc) is 2.45. The van der Waals surface area contributed by atoms with E-state index in [4.69, 9.17) is 23.1 Å². The molecule has 1 aromatic heterocycles. The van der Waals surface area contributed by atoms with Crippen LogP contribution in [0.5, 0.6) is 0 Å². The molecule has 112 valence electrons. The Morgan fingerprint density at radius 3 is 2.71 bits per heavy atom. The summed E-state index contributed by atoms with van der Waals surface area (Å²) in [5, 5.41) is 9.82. The molecule has 0 amide bonds. The number of aliphatic hydroxyl groups excluding tert-OH is 1. The van der Waals surface area contributed by atoms with Gasteiger partial charge in [0.2, 0.25) is 0 Å². The van der Waals surface area contributed by atoms with Crippen molar-refractivity contribution in [3.63, 3.8) is 0 Å². The summed E-state index contributed by atoms with van der Waals surface area (Å²) in [5.74, 6) is 0. The number of hydrogen-bond donors (Lipinski definition) is 2. The van der Waals surface area contributed by atoms with Gasteiger partial charge in [0.1, 0.15) is 4.99 Å². The molecule has 0 aliphatic rings. The van der Waals surface area contributed by atoms with Crippen LogP contribution in [0.2, 0.25) is 0 Å². The van der Waals surface area contributed by atoms with E-state index in [1.54, 1.807) is 18.2 Å². The van der Waals surface area contributed by atoms with Crippen LogP contribution >= 0.6 is 12.2 Å². The summed E-state index contributed by atoms with van der Waals surface area (Å²) >= 11 is 4.99. The topological polar surface area (TPSA) is 62.4 Å². The average molecular weight is 311 g/mol. The maximum atomic E-state index is 12.8. The van der Waals surface area contributed by atoms with Crippen molar-refractivity contribution in [2.75, 3.05) is 24.6 Å². The molecule has 0 spiro atoms. The first kappa shape index (κ1) is 15.5. The Hall–Kier alpha value is -1.86. The summed E-state index contributed by atoms with van der Waals surface area (Å²) in [5.41, 5.74) is 7.26. The number of para-hydroxylation sites is 1. The van der Waals surface area contributed by atoms with Gasteiger partial charge in [-0.2, -0.15) is 0 Å². The van der Waals surface area contributed by atoms with Crippen LogP contribution in [0.4, 0.5) is 14.5 Å². The summed E-state index contributed by atoms with van der Waals surface area (Å²) in [7, 11) is 0. The number of pyridine rings is 1. The summed E-state index contributed by atoms with van der Waals surface area (Å²) in [6, 6.07) is 7.15. The molecule has 7 heteroatoms. The first-order chi connectivity index (χ1) is 10.0. The fraction of sp³-hybridized carbons (Fsp3) is 0.286. The Bertz CT molecular complexity index is 651. The van der Waals surface area contributed by atoms with Gasteiger partial charge in [0.15, 0.2) is 0 Å². The van der Waals surface area contributed by atoms with Gasteiger partial charge in [0, 0.05) is 18.1 Å². The van der Waals surface area contributed by atoms with E-state index in [0.717, 1.165) is 0 Å². The first-order valence-electron chi connectivity index (χ1n) is 6.36. The lowest BCUT2D eigenvalue weighted by molar-refractivity contribution is 0.153. The molecule has 0 bridgehead atoms. The molecule has 0 atom stereocenters. The second kappa shape index (κ2) is 6.73. The van der Waals surface area contributed by atoms with Gasteiger partial charge in [-0.05, 0) is 6.07 Å². The first-order valence-corrected chi connectivity index (χ1v) is 6.77. The van der Waals surface area contributed by atoms with Gasteiger partial charge >= 0.3 is 0 Å². The predicted octanol–water partition coefficient (Wildman–Crippen LogP) is 1.93. The van der Waals surface area contributed by atoms with Crippen molar-refractivity contribution in [1.82, 2.24) is 4.98 Å². The normalized spacial score (nSPS) is 11.0. The zero-order valence-electron chi connectivity index (χ0n) is 11.2. The van der Waals surface area contributed by atoms with Crippen LogP contribution in [0.3, 0.4) is 0 Å². The van der Waals surface area contributed by atoms with Gasteiger partial charge in [0.25, 0.3) is 6.43 Å². The van der Waals surface area contributed by atoms with Crippen LogP contribution in [-0.2, 0) is 0 Å². The molecule has 0 aliphatic heterocycles. The number of hydrogen-bond acceptors (Lipinski definition) is 4. The van der Waals surface area contributed by atoms with Crippen molar-refractivity contribution < 1.29 is 13.9 Å². The molecule has 0 aliphatic carbocycles. The van der Waals surface area contributed by atoms with E-state index in [1.165, 1.54) is 11.1 Å². The van der Waals surface area contributed by atoms with Crippen molar-refractivity contribution in [2.45, 2.75) is 6.43 Å². The highest BCUT2D eigenvalue weighted by Crippen LogP contribution is 2.30. The monoisotopic (exact) mass is 311 g/mol. The van der Waals surface area contributed by atoms with E-state index in [9.17, 15) is 8.78 Å². The van der Waals surface area contributed by atoms with E-state index in [-0.39, 0.29) is 18.1 Å². The smallest absolute Gasteiger partial charge is 0.255 e. The zero-order chi connectivity index (χ0) is 15.4. The molecule has 2 rings (SSSR count). The molecule has 0 saturated heterocycles. The maximum absolute atomic E-state index is 12.8. The third-order valence-corrected chi connectivity index (χ3v) is 3.28. The quantitative estimate of drug-likeness (QED) is 0.798. The molecule has 1 aromatic carbocycles. The highest BCUT2D eigenvalue weighted by molar-refractivity contribution is 7.80. The summed E-state index contributed by atoms with van der Waals surface area (Å²) in [4.78, 5) is 5.72. The number of fused-ring (bicyclic) bond motifs is 1. The second-order valence-electron chi connectivity index (χ2n) is 4.46. The predicted molar refractivity (Wildman–Crippen MR) is 82.9 cm³/mol. The van der Waals surface area contributed by atoms with Crippen molar-refractivity contribution in [3.05, 3.63) is 36.0 Å². The standard InChI is InChI=1S/C14H15F2N3OS/c15-12(16)8-19(5-6-20)13-9-3-1-2-4-11(9)18-7-10(13)14(17)21/h1-4,7,12,20H,5-6,8H2,(H2,17,21). The molecular formula is C14H15F2N3OS. The number of halogens is 2. The SMILES string of the molecule is NC(=S)c1cnc2ccccc2c1N(CCO)CC(F)F. The van der Waals surface area contributed by atoms with Crippen LogP contribution < -0.4 is 10.6 Å². The number of nitrogens with zero attached hydrogens (tertiary/aromatic N) is 2. The molecule has 0 unspecified atom stereocenters. The fourth-order valence-electron chi connectivity index (χ4n) is 2.23. The van der Waals surface area contributed by atoms with Gasteiger partial charge < -0.3 is 15.7 Å². The van der Waals surface area contributed by atoms with Crippen molar-refractivity contribution in [3.8, 4) is 0 Å². The van der Waals surface area contributed by atoms with E-state index < -0.39 is 13.0 Å². The zero-order valence-corrected chi connectivity index (χ0v) is 12.0. The maximum Gasteiger partial charge on any atom is 0.255 e. The van der Waals surface area contributed by atoms with Gasteiger partial charge in [-0.25, -0.2) is 8.78 Å². The number of aliphatic hydroxyl groups is 1. The van der Waals surface area contributed by atoms with Crippen LogP contribution in [0, 0.1) is 0 Å². The van der Waals surface area contributed by atoms with E-state index >= 15 is 0 Å². The Balaban J connectivity index is 2.66. The van der Waals surface area contributed by atoms with E-state index in [2.05, 4.69) is 4.98 Å². The number of benzene rings is 1. The van der Waals surface area contributed by atoms with Gasteiger partial charge in [-0.3, -0.25) is 4.98 Å². The Morgan fingerprint density at radius 1 is 1.38 bits per heavy atom. The molecule has 2 aromatic rings. The Morgan fingerprint density at radius 2 is 2.10 bits per heavy atom. The van der Waals surface area contributed by atoms with Crippen LogP contribution in [0.15, 0.2) is 30.5 Å². The van der Waals surface area contributed by atoms with Crippen molar-refractivity contribution >= 4 is 33.8 Å². The Kier molecular flexibility index (Phi) is 4.98. The highest BCUT2D eigenvalue weighted by Gasteiger charge is 2.20. The van der Waals surface area contributed by atoms with Crippen molar-refractivity contribution in [1.29, 1.82) is 0 Å². The minimum atomic E-state index is -2.54. The van der Waals surface area contributed by atoms with Gasteiger partial charge in [0.05, 0.1) is 29.9 Å². The third kappa shape index (κ3) is 3.43. The Labute approximate surface area is 126 Å². The summed E-state index contributed by atoms with van der Waals surface area (Å²) in [6.45, 7) is -0.696. The number of anilines is 1. The highest BCUT2D eigenvalue weighted by atomic mass is 32.1. The van der Waals surface area contributed by atoms with E-state index in [0.29, 0.717) is 22.2 Å². The molecule has 21 heavy (non-hydrogen) atoms. The summed E-state index contributed by atoms with van der Waals surface area (Å²) < 4.78 is 25.6. The van der Waals surface area contributed by atoms with Gasteiger partial charge in [-0.1, -0.05) is 30.4 Å². The summed E-state index contributed by atoms with van der Waals surface area (Å²) in [6.07, 6.45) is -1.06. The molecule has 0 fully saturated rings. The number of nitrogens with two attached hydrogens (primary N) is 1. The van der Waals surface area contributed by atoms with E-state index in [1.807, 2.05) is 6.07 Å². The van der Waals surface area contributed by atoms with Gasteiger partial charge in [-0.15, -0.1) is 0 Å². The lowest BCUT2D eigenvalue weighted by atomic mass is 10.1. The molecule has 0 saturated carbocycles. The lowest BCUT2D eigenvalue weighted by Gasteiger charge is -2.27. The van der Waals surface area contributed by atoms with Crippen molar-refractivity contribution in [2.24, 2.45) is 5.73 Å². The fourth-order valence-corrected chi connectivity index (χ4v) is 2.38. The molecule has 1 heterocycles. The molecular weight excluding hydrogens is 296 g/mol. The third-order valence-electron chi connectivity index (χ3n) is 3.06. The number of rotatable bonds is 6. The van der Waals surface area contributed by atoms with Crippen LogP contribution in [0.25, 0.3) is 10.9 Å². The molecule has 0 radical (unpaired) electrons. The van der Waals surface area contributed by atoms with Crippen LogP contribution in [0.1, 0.15) is 5.56 Å². The minimum Gasteiger partial charge on any atom is -0.395 e. The largest absolute Gasteiger partial charge is 0.395 e. The molecule has 4 nitrogen and oxygen atoms in total. The number of aromatic nitrogens is 1.